The Balaban J connectivity index is 2.53. The van der Waals surface area contributed by atoms with Crippen molar-refractivity contribution in [3.8, 4) is 0 Å². The summed E-state index contributed by atoms with van der Waals surface area (Å²) in [6, 6.07) is 18.1. The highest BCUT2D eigenvalue weighted by Gasteiger charge is 2.56. The van der Waals surface area contributed by atoms with Crippen LogP contribution in [0.15, 0.2) is 73.3 Å². The van der Waals surface area contributed by atoms with Gasteiger partial charge in [-0.3, -0.25) is 9.36 Å². The number of Topliss-reactive ketones (excluding diaryl/α,β-unsaturated/α-hetero) is 1. The third kappa shape index (κ3) is 6.88. The monoisotopic (exact) mass is 482 g/mol. The molecule has 34 heavy (non-hydrogen) atoms. The molecule has 2 unspecified atom stereocenters. The summed E-state index contributed by atoms with van der Waals surface area (Å²) in [4.78, 5) is 14.3. The molecule has 0 aromatic heterocycles. The van der Waals surface area contributed by atoms with Crippen molar-refractivity contribution in [1.29, 1.82) is 0 Å². The van der Waals surface area contributed by atoms with E-state index in [1.165, 1.54) is 5.56 Å². The van der Waals surface area contributed by atoms with E-state index in [0.717, 1.165) is 11.1 Å². The van der Waals surface area contributed by atoms with Crippen molar-refractivity contribution in [3.63, 3.8) is 0 Å². The van der Waals surface area contributed by atoms with Crippen LogP contribution < -0.4 is 0 Å². The average molecular weight is 483 g/mol. The predicted molar refractivity (Wildman–Crippen MR) is 142 cm³/mol. The van der Waals surface area contributed by atoms with Crippen LogP contribution in [0.3, 0.4) is 0 Å². The lowest BCUT2D eigenvalue weighted by atomic mass is 9.82. The zero-order valence-electron chi connectivity index (χ0n) is 21.0. The van der Waals surface area contributed by atoms with E-state index >= 15 is 0 Å². The largest absolute Gasteiger partial charge is 0.344 e. The molecule has 0 bridgehead atoms. The molecule has 0 radical (unpaired) electrons. The van der Waals surface area contributed by atoms with E-state index < -0.39 is 12.8 Å². The summed E-state index contributed by atoms with van der Waals surface area (Å²) in [6.45, 7) is 11.9. The number of ketones is 1. The maximum Gasteiger partial charge on any atom is 0.344 e. The van der Waals surface area contributed by atoms with Crippen LogP contribution in [0.4, 0.5) is 0 Å². The van der Waals surface area contributed by atoms with Gasteiger partial charge in [0.1, 0.15) is 5.16 Å². The number of rotatable bonds is 15. The molecular formula is C29H39O4P. The molecular weight excluding hydrogens is 443 g/mol. The number of benzene rings is 2. The van der Waals surface area contributed by atoms with Crippen LogP contribution >= 0.6 is 7.60 Å². The summed E-state index contributed by atoms with van der Waals surface area (Å²) < 4.78 is 25.9. The molecule has 184 valence electrons. The van der Waals surface area contributed by atoms with E-state index in [9.17, 15) is 9.36 Å². The van der Waals surface area contributed by atoms with Gasteiger partial charge in [0.2, 0.25) is 0 Å². The molecule has 0 aliphatic carbocycles. The Morgan fingerprint density at radius 2 is 1.62 bits per heavy atom. The second-order valence-corrected chi connectivity index (χ2v) is 10.9. The minimum atomic E-state index is -3.81. The third-order valence-corrected chi connectivity index (χ3v) is 8.92. The highest BCUT2D eigenvalue weighted by Crippen LogP contribution is 2.64. The van der Waals surface area contributed by atoms with Crippen LogP contribution in [-0.4, -0.2) is 24.2 Å². The first-order chi connectivity index (χ1) is 16.4. The molecule has 5 heteroatoms. The normalized spacial score (nSPS) is 14.6. The van der Waals surface area contributed by atoms with Gasteiger partial charge in [0, 0.05) is 5.92 Å². The van der Waals surface area contributed by atoms with Crippen LogP contribution in [0.1, 0.15) is 56.7 Å². The molecule has 0 spiro atoms. The third-order valence-electron chi connectivity index (χ3n) is 6.09. The molecule has 0 saturated carbocycles. The second kappa shape index (κ2) is 13.6. The van der Waals surface area contributed by atoms with Gasteiger partial charge in [-0.1, -0.05) is 85.3 Å². The van der Waals surface area contributed by atoms with Crippen LogP contribution in [-0.2, 0) is 24.8 Å². The second-order valence-electron chi connectivity index (χ2n) is 8.53. The van der Waals surface area contributed by atoms with Crippen LogP contribution in [0.25, 0.3) is 6.08 Å². The van der Waals surface area contributed by atoms with E-state index in [0.29, 0.717) is 12.8 Å². The fraction of sp³-hybridized carbons (Fsp3) is 0.414. The first kappa shape index (κ1) is 28.0. The van der Waals surface area contributed by atoms with Crippen molar-refractivity contribution >= 4 is 19.5 Å². The first-order valence-corrected chi connectivity index (χ1v) is 13.7. The van der Waals surface area contributed by atoms with E-state index in [4.69, 9.17) is 9.05 Å². The lowest BCUT2D eigenvalue weighted by Crippen LogP contribution is -2.43. The molecule has 2 rings (SSSR count). The fourth-order valence-corrected chi connectivity index (χ4v) is 6.65. The number of hydrogen-bond acceptors (Lipinski definition) is 4. The van der Waals surface area contributed by atoms with Crippen LogP contribution in [0.2, 0.25) is 0 Å². The van der Waals surface area contributed by atoms with Crippen molar-refractivity contribution in [3.05, 3.63) is 90.0 Å². The van der Waals surface area contributed by atoms with Crippen molar-refractivity contribution in [1.82, 2.24) is 0 Å². The Morgan fingerprint density at radius 1 is 1.00 bits per heavy atom. The maximum atomic E-state index is 14.3. The minimum Gasteiger partial charge on any atom is -0.308 e. The average Bonchev–Trinajstić information content (AvgIpc) is 2.83. The summed E-state index contributed by atoms with van der Waals surface area (Å²) in [5, 5.41) is -1.34. The first-order valence-electron chi connectivity index (χ1n) is 12.2. The maximum absolute atomic E-state index is 14.3. The van der Waals surface area contributed by atoms with Gasteiger partial charge in [-0.05, 0) is 57.6 Å². The molecule has 0 aliphatic heterocycles. The van der Waals surface area contributed by atoms with Gasteiger partial charge in [-0.2, -0.15) is 0 Å². The number of hydrogen-bond donors (Lipinski definition) is 0. The quantitative estimate of drug-likeness (QED) is 0.192. The number of carbonyl (C=O) groups excluding carboxylic acids is 1. The Bertz CT molecular complexity index is 971. The van der Waals surface area contributed by atoms with Gasteiger partial charge in [0.25, 0.3) is 0 Å². The van der Waals surface area contributed by atoms with Crippen molar-refractivity contribution in [2.75, 3.05) is 13.2 Å². The molecule has 4 nitrogen and oxygen atoms in total. The zero-order valence-corrected chi connectivity index (χ0v) is 21.9. The Labute approximate surface area is 205 Å². The number of allylic oxidation sites excluding steroid dienone is 2. The lowest BCUT2D eigenvalue weighted by molar-refractivity contribution is -0.126. The van der Waals surface area contributed by atoms with Crippen molar-refractivity contribution in [2.45, 2.75) is 58.5 Å². The van der Waals surface area contributed by atoms with Crippen LogP contribution in [0, 0.1) is 12.8 Å². The van der Waals surface area contributed by atoms with Gasteiger partial charge >= 0.3 is 7.60 Å². The predicted octanol–water partition coefficient (Wildman–Crippen LogP) is 7.82. The van der Waals surface area contributed by atoms with Gasteiger partial charge in [-0.25, -0.2) is 0 Å². The lowest BCUT2D eigenvalue weighted by Gasteiger charge is -2.38. The highest BCUT2D eigenvalue weighted by atomic mass is 31.2. The van der Waals surface area contributed by atoms with E-state index in [-0.39, 0.29) is 37.8 Å². The molecule has 0 N–H and O–H groups in total. The summed E-state index contributed by atoms with van der Waals surface area (Å²) >= 11 is 0. The standard InChI is InChI=1S/C29H39O4P/c1-6-21-29(34(31,32-8-3)33-9-4,22-13-16-25-14-11-10-12-15-25)28(30)27(7-2)23-26-19-17-24(5)18-20-26/h6,10-20,27H,1,7-9,21-23H2,2-5H3/b16-13+. The van der Waals surface area contributed by atoms with Crippen molar-refractivity contribution in [2.24, 2.45) is 5.92 Å². The molecule has 0 heterocycles. The Kier molecular flexibility index (Phi) is 11.2. The number of aryl methyl sites for hydroxylation is 1. The molecule has 0 fully saturated rings. The van der Waals surface area contributed by atoms with Crippen LogP contribution in [0.5, 0.6) is 0 Å². The number of carbonyl (C=O) groups is 1. The zero-order chi connectivity index (χ0) is 25.0. The molecule has 2 aromatic rings. The van der Waals surface area contributed by atoms with E-state index in [2.05, 4.69) is 30.8 Å². The smallest absolute Gasteiger partial charge is 0.308 e. The SMILES string of the molecule is C=CCC(C/C=C/c1ccccc1)(C(=O)C(CC)Cc1ccc(C)cc1)P(=O)(OCC)OCC. The molecule has 2 atom stereocenters. The molecule has 0 saturated heterocycles. The molecule has 0 amide bonds. The van der Waals surface area contributed by atoms with Gasteiger partial charge < -0.3 is 9.05 Å². The van der Waals surface area contributed by atoms with Gasteiger partial charge in [-0.15, -0.1) is 6.58 Å². The van der Waals surface area contributed by atoms with E-state index in [1.54, 1.807) is 19.9 Å². The highest BCUT2D eigenvalue weighted by molar-refractivity contribution is 7.56. The summed E-state index contributed by atoms with van der Waals surface area (Å²) in [7, 11) is -3.81. The van der Waals surface area contributed by atoms with Gasteiger partial charge in [0.05, 0.1) is 13.2 Å². The Hall–Kier alpha value is -2.26. The van der Waals surface area contributed by atoms with Crippen molar-refractivity contribution < 1.29 is 18.4 Å². The van der Waals surface area contributed by atoms with Gasteiger partial charge in [0.15, 0.2) is 5.78 Å². The topological polar surface area (TPSA) is 52.6 Å². The van der Waals surface area contributed by atoms with E-state index in [1.807, 2.05) is 56.3 Å². The summed E-state index contributed by atoms with van der Waals surface area (Å²) in [6.07, 6.45) is 7.20. The Morgan fingerprint density at radius 3 is 2.15 bits per heavy atom. The summed E-state index contributed by atoms with van der Waals surface area (Å²) in [5.74, 6) is -0.402. The molecule has 2 aromatic carbocycles. The molecule has 0 aliphatic rings. The fourth-order valence-electron chi connectivity index (χ4n) is 4.27. The minimum absolute atomic E-state index is 0.0848. The summed E-state index contributed by atoms with van der Waals surface area (Å²) in [5.41, 5.74) is 3.27.